The zero-order valence-electron chi connectivity index (χ0n) is 15.9. The Hall–Kier alpha value is -4.25. The first-order valence-electron chi connectivity index (χ1n) is 9.32. The Bertz CT molecular complexity index is 1130. The SMILES string of the molecule is O=C(/C=C/c1ccc(Oc2ccc(N3C(=O)C=CC3=O)cc2)cc1)c1ccccc1. The van der Waals surface area contributed by atoms with Crippen LogP contribution in [-0.2, 0) is 9.59 Å². The minimum absolute atomic E-state index is 0.0545. The lowest BCUT2D eigenvalue weighted by Gasteiger charge is -2.14. The van der Waals surface area contributed by atoms with Crippen molar-refractivity contribution in [2.75, 3.05) is 4.90 Å². The molecule has 4 rings (SSSR count). The van der Waals surface area contributed by atoms with Gasteiger partial charge in [-0.1, -0.05) is 48.5 Å². The minimum Gasteiger partial charge on any atom is -0.457 e. The molecule has 0 unspecified atom stereocenters. The second kappa shape index (κ2) is 8.41. The van der Waals surface area contributed by atoms with Crippen molar-refractivity contribution < 1.29 is 19.1 Å². The van der Waals surface area contributed by atoms with Gasteiger partial charge < -0.3 is 4.74 Å². The molecule has 3 aromatic carbocycles. The van der Waals surface area contributed by atoms with Gasteiger partial charge in [0, 0.05) is 17.7 Å². The van der Waals surface area contributed by atoms with Crippen LogP contribution in [0.2, 0.25) is 0 Å². The van der Waals surface area contributed by atoms with Gasteiger partial charge in [0.15, 0.2) is 5.78 Å². The van der Waals surface area contributed by atoms with Gasteiger partial charge in [0.2, 0.25) is 0 Å². The van der Waals surface area contributed by atoms with Gasteiger partial charge in [-0.25, -0.2) is 4.90 Å². The van der Waals surface area contributed by atoms with E-state index < -0.39 is 0 Å². The number of ether oxygens (including phenoxy) is 1. The predicted octanol–water partition coefficient (Wildman–Crippen LogP) is 4.80. The average molecular weight is 395 g/mol. The van der Waals surface area contributed by atoms with Crippen LogP contribution in [0.25, 0.3) is 6.08 Å². The highest BCUT2D eigenvalue weighted by Crippen LogP contribution is 2.26. The number of allylic oxidation sites excluding steroid dienone is 1. The van der Waals surface area contributed by atoms with Crippen LogP contribution < -0.4 is 9.64 Å². The van der Waals surface area contributed by atoms with Crippen LogP contribution in [0.15, 0.2) is 97.1 Å². The van der Waals surface area contributed by atoms with Gasteiger partial charge in [0.05, 0.1) is 5.69 Å². The summed E-state index contributed by atoms with van der Waals surface area (Å²) < 4.78 is 5.80. The Labute approximate surface area is 173 Å². The summed E-state index contributed by atoms with van der Waals surface area (Å²) in [7, 11) is 0. The highest BCUT2D eigenvalue weighted by molar-refractivity contribution is 6.28. The number of carbonyl (C=O) groups excluding carboxylic acids is 3. The Morgan fingerprint density at radius 2 is 1.30 bits per heavy atom. The zero-order valence-corrected chi connectivity index (χ0v) is 15.9. The standard InChI is InChI=1S/C25H17NO4/c27-23(19-4-2-1-3-5-19)15-8-18-6-11-21(12-7-18)30-22-13-9-20(10-14-22)26-24(28)16-17-25(26)29/h1-17H/b15-8+. The Morgan fingerprint density at radius 3 is 1.90 bits per heavy atom. The topological polar surface area (TPSA) is 63.7 Å². The van der Waals surface area contributed by atoms with Gasteiger partial charge in [-0.15, -0.1) is 0 Å². The molecule has 0 bridgehead atoms. The quantitative estimate of drug-likeness (QED) is 0.342. The number of imide groups is 1. The molecule has 0 aliphatic carbocycles. The molecule has 0 spiro atoms. The lowest BCUT2D eigenvalue weighted by Crippen LogP contribution is -2.29. The number of benzene rings is 3. The number of hydrogen-bond donors (Lipinski definition) is 0. The predicted molar refractivity (Wildman–Crippen MR) is 114 cm³/mol. The van der Waals surface area contributed by atoms with E-state index in [4.69, 9.17) is 4.74 Å². The van der Waals surface area contributed by atoms with E-state index >= 15 is 0 Å². The normalized spacial score (nSPS) is 13.3. The molecular formula is C25H17NO4. The Kier molecular flexibility index (Phi) is 5.35. The van der Waals surface area contributed by atoms with Crippen molar-refractivity contribution >= 4 is 29.4 Å². The van der Waals surface area contributed by atoms with Gasteiger partial charge in [0.25, 0.3) is 11.8 Å². The molecule has 30 heavy (non-hydrogen) atoms. The van der Waals surface area contributed by atoms with Crippen LogP contribution in [0, 0.1) is 0 Å². The summed E-state index contributed by atoms with van der Waals surface area (Å²) in [6.07, 6.45) is 5.79. The van der Waals surface area contributed by atoms with Crippen LogP contribution >= 0.6 is 0 Å². The van der Waals surface area contributed by atoms with Crippen molar-refractivity contribution in [1.82, 2.24) is 0 Å². The van der Waals surface area contributed by atoms with Gasteiger partial charge >= 0.3 is 0 Å². The third-order valence-electron chi connectivity index (χ3n) is 4.51. The number of hydrogen-bond acceptors (Lipinski definition) is 4. The number of rotatable bonds is 6. The van der Waals surface area contributed by atoms with E-state index in [1.165, 1.54) is 12.2 Å². The number of nitrogens with zero attached hydrogens (tertiary/aromatic N) is 1. The molecule has 0 atom stereocenters. The zero-order chi connectivity index (χ0) is 20.9. The van der Waals surface area contributed by atoms with Crippen LogP contribution in [-0.4, -0.2) is 17.6 Å². The van der Waals surface area contributed by atoms with Crippen LogP contribution in [0.1, 0.15) is 15.9 Å². The molecule has 1 heterocycles. The van der Waals surface area contributed by atoms with Crippen molar-refractivity contribution in [3.05, 3.63) is 108 Å². The molecule has 2 amide bonds. The van der Waals surface area contributed by atoms with E-state index in [1.54, 1.807) is 60.7 Å². The summed E-state index contributed by atoms with van der Waals surface area (Å²) in [5.74, 6) is 0.435. The van der Waals surface area contributed by atoms with Crippen LogP contribution in [0.4, 0.5) is 5.69 Å². The number of amides is 2. The second-order valence-electron chi connectivity index (χ2n) is 6.57. The monoisotopic (exact) mass is 395 g/mol. The lowest BCUT2D eigenvalue weighted by atomic mass is 10.1. The molecule has 0 fully saturated rings. The molecule has 0 N–H and O–H groups in total. The van der Waals surface area contributed by atoms with E-state index in [-0.39, 0.29) is 17.6 Å². The van der Waals surface area contributed by atoms with E-state index in [2.05, 4.69) is 0 Å². The molecule has 146 valence electrons. The van der Waals surface area contributed by atoms with E-state index in [0.717, 1.165) is 10.5 Å². The lowest BCUT2D eigenvalue weighted by molar-refractivity contribution is -0.119. The van der Waals surface area contributed by atoms with Crippen molar-refractivity contribution in [3.63, 3.8) is 0 Å². The molecule has 1 aliphatic rings. The molecule has 0 radical (unpaired) electrons. The van der Waals surface area contributed by atoms with Crippen molar-refractivity contribution in [1.29, 1.82) is 0 Å². The maximum Gasteiger partial charge on any atom is 0.258 e. The van der Waals surface area contributed by atoms with Gasteiger partial charge in [-0.2, -0.15) is 0 Å². The molecule has 1 aliphatic heterocycles. The van der Waals surface area contributed by atoms with Crippen LogP contribution in [0.3, 0.4) is 0 Å². The van der Waals surface area contributed by atoms with Gasteiger partial charge in [-0.3, -0.25) is 14.4 Å². The minimum atomic E-state index is -0.358. The van der Waals surface area contributed by atoms with E-state index in [0.29, 0.717) is 22.7 Å². The third kappa shape index (κ3) is 4.25. The summed E-state index contributed by atoms with van der Waals surface area (Å²) in [5, 5.41) is 0. The van der Waals surface area contributed by atoms with E-state index in [9.17, 15) is 14.4 Å². The van der Waals surface area contributed by atoms with Crippen molar-refractivity contribution in [2.24, 2.45) is 0 Å². The largest absolute Gasteiger partial charge is 0.457 e. The maximum absolute atomic E-state index is 12.1. The average Bonchev–Trinajstić information content (AvgIpc) is 3.12. The number of ketones is 1. The Morgan fingerprint density at radius 1 is 0.733 bits per heavy atom. The molecule has 0 aromatic heterocycles. The number of anilines is 1. The fourth-order valence-electron chi connectivity index (χ4n) is 2.97. The van der Waals surface area contributed by atoms with Crippen molar-refractivity contribution in [2.45, 2.75) is 0 Å². The van der Waals surface area contributed by atoms with Crippen molar-refractivity contribution in [3.8, 4) is 11.5 Å². The molecule has 0 saturated heterocycles. The maximum atomic E-state index is 12.1. The van der Waals surface area contributed by atoms with E-state index in [1.807, 2.05) is 30.3 Å². The fourth-order valence-corrected chi connectivity index (χ4v) is 2.97. The number of carbonyl (C=O) groups is 3. The highest BCUT2D eigenvalue weighted by atomic mass is 16.5. The van der Waals surface area contributed by atoms with Gasteiger partial charge in [-0.05, 0) is 48.0 Å². The molecular weight excluding hydrogens is 378 g/mol. The summed E-state index contributed by atoms with van der Waals surface area (Å²) >= 11 is 0. The highest BCUT2D eigenvalue weighted by Gasteiger charge is 2.24. The first-order chi connectivity index (χ1) is 14.6. The second-order valence-corrected chi connectivity index (χ2v) is 6.57. The van der Waals surface area contributed by atoms with Crippen LogP contribution in [0.5, 0.6) is 11.5 Å². The molecule has 5 heteroatoms. The molecule has 0 saturated carbocycles. The molecule has 3 aromatic rings. The smallest absolute Gasteiger partial charge is 0.258 e. The summed E-state index contributed by atoms with van der Waals surface area (Å²) in [4.78, 5) is 36.7. The third-order valence-corrected chi connectivity index (χ3v) is 4.51. The molecule has 5 nitrogen and oxygen atoms in total. The fraction of sp³-hybridized carbons (Fsp3) is 0. The summed E-state index contributed by atoms with van der Waals surface area (Å²) in [6, 6.07) is 23.1. The summed E-state index contributed by atoms with van der Waals surface area (Å²) in [5.41, 5.74) is 2.01. The Balaban J connectivity index is 1.39. The first-order valence-corrected chi connectivity index (χ1v) is 9.32. The van der Waals surface area contributed by atoms with Gasteiger partial charge in [0.1, 0.15) is 11.5 Å². The first kappa shape index (κ1) is 19.1. The summed E-state index contributed by atoms with van der Waals surface area (Å²) in [6.45, 7) is 0.